The van der Waals surface area contributed by atoms with E-state index in [4.69, 9.17) is 0 Å². The van der Waals surface area contributed by atoms with E-state index >= 15 is 0 Å². The summed E-state index contributed by atoms with van der Waals surface area (Å²) >= 11 is 0. The Labute approximate surface area is 92.9 Å². The van der Waals surface area contributed by atoms with Crippen LogP contribution in [-0.2, 0) is 6.54 Å². The second kappa shape index (κ2) is 6.62. The minimum atomic E-state index is 0.762. The average molecular weight is 209 g/mol. The van der Waals surface area contributed by atoms with Gasteiger partial charge in [0.2, 0.25) is 0 Å². The molecule has 0 aliphatic carbocycles. The van der Waals surface area contributed by atoms with Gasteiger partial charge in [-0.2, -0.15) is 0 Å². The fourth-order valence-corrected chi connectivity index (χ4v) is 1.37. The maximum Gasteiger partial charge on any atom is 0.0945 e. The Hall–Kier alpha value is -0.830. The van der Waals surface area contributed by atoms with Crippen molar-refractivity contribution in [3.63, 3.8) is 0 Å². The van der Waals surface area contributed by atoms with E-state index in [1.54, 1.807) is 0 Å². The Morgan fingerprint density at radius 1 is 1.33 bits per heavy atom. The lowest BCUT2D eigenvalue weighted by Gasteiger charge is -2.15. The van der Waals surface area contributed by atoms with Gasteiger partial charge in [0.05, 0.1) is 6.33 Å². The summed E-state index contributed by atoms with van der Waals surface area (Å²) in [4.78, 5) is 4.02. The van der Waals surface area contributed by atoms with Gasteiger partial charge in [0.25, 0.3) is 0 Å². The number of nitrogens with one attached hydrogen (secondary N) is 1. The molecule has 3 nitrogen and oxygen atoms in total. The molecule has 1 rings (SSSR count). The highest BCUT2D eigenvalue weighted by molar-refractivity contribution is 4.73. The summed E-state index contributed by atoms with van der Waals surface area (Å²) in [5.41, 5.74) is 0. The molecule has 15 heavy (non-hydrogen) atoms. The third kappa shape index (κ3) is 4.98. The summed E-state index contributed by atoms with van der Waals surface area (Å²) in [6.07, 6.45) is 6.88. The smallest absolute Gasteiger partial charge is 0.0945 e. The monoisotopic (exact) mass is 209 g/mol. The van der Waals surface area contributed by atoms with E-state index in [1.165, 1.54) is 6.42 Å². The lowest BCUT2D eigenvalue weighted by molar-refractivity contribution is 0.390. The van der Waals surface area contributed by atoms with Crippen LogP contribution in [0.5, 0.6) is 0 Å². The molecule has 0 bridgehead atoms. The van der Waals surface area contributed by atoms with Crippen LogP contribution in [0.25, 0.3) is 0 Å². The molecule has 1 heterocycles. The molecule has 0 radical (unpaired) electrons. The van der Waals surface area contributed by atoms with Crippen molar-refractivity contribution in [2.24, 2.45) is 11.8 Å². The van der Waals surface area contributed by atoms with Gasteiger partial charge in [0.1, 0.15) is 0 Å². The quantitative estimate of drug-likeness (QED) is 0.697. The highest BCUT2D eigenvalue weighted by atomic mass is 15.0. The number of aromatic nitrogens is 2. The first-order chi connectivity index (χ1) is 7.20. The highest BCUT2D eigenvalue weighted by Crippen LogP contribution is 2.07. The minimum Gasteiger partial charge on any atom is -0.337 e. The molecule has 0 aliphatic rings. The molecule has 1 atom stereocenters. The summed E-state index contributed by atoms with van der Waals surface area (Å²) in [5, 5.41) is 3.50. The van der Waals surface area contributed by atoms with Crippen molar-refractivity contribution in [3.8, 4) is 0 Å². The Morgan fingerprint density at radius 2 is 2.13 bits per heavy atom. The van der Waals surface area contributed by atoms with Crippen molar-refractivity contribution in [2.75, 3.05) is 13.1 Å². The Kier molecular flexibility index (Phi) is 5.40. The zero-order valence-corrected chi connectivity index (χ0v) is 10.1. The standard InChI is InChI=1S/C12H23N3/c1-11(2)12(3)9-13-5-4-7-15-8-6-14-10-15/h6,8,10-13H,4-5,7,9H2,1-3H3. The molecule has 1 N–H and O–H groups in total. The van der Waals surface area contributed by atoms with Gasteiger partial charge in [0.15, 0.2) is 0 Å². The SMILES string of the molecule is CC(C)C(C)CNCCCn1ccnc1. The zero-order valence-electron chi connectivity index (χ0n) is 10.1. The molecule has 0 spiro atoms. The molecular weight excluding hydrogens is 186 g/mol. The van der Waals surface area contributed by atoms with Gasteiger partial charge >= 0.3 is 0 Å². The summed E-state index contributed by atoms with van der Waals surface area (Å²) in [7, 11) is 0. The van der Waals surface area contributed by atoms with Gasteiger partial charge in [-0.05, 0) is 31.3 Å². The number of rotatable bonds is 7. The van der Waals surface area contributed by atoms with Crippen LogP contribution in [0.3, 0.4) is 0 Å². The molecule has 0 aromatic carbocycles. The summed E-state index contributed by atoms with van der Waals surface area (Å²) in [6, 6.07) is 0. The van der Waals surface area contributed by atoms with Crippen molar-refractivity contribution in [1.82, 2.24) is 14.9 Å². The first kappa shape index (κ1) is 12.2. The normalized spacial score (nSPS) is 13.3. The average Bonchev–Trinajstić information content (AvgIpc) is 2.69. The van der Waals surface area contributed by atoms with Crippen LogP contribution in [0.15, 0.2) is 18.7 Å². The summed E-state index contributed by atoms with van der Waals surface area (Å²) in [6.45, 7) is 10.1. The Bertz CT molecular complexity index is 241. The van der Waals surface area contributed by atoms with Crippen molar-refractivity contribution in [3.05, 3.63) is 18.7 Å². The molecule has 0 amide bonds. The minimum absolute atomic E-state index is 0.762. The fraction of sp³-hybridized carbons (Fsp3) is 0.750. The third-order valence-electron chi connectivity index (χ3n) is 2.93. The van der Waals surface area contributed by atoms with Crippen LogP contribution in [0.1, 0.15) is 27.2 Å². The maximum atomic E-state index is 4.02. The maximum absolute atomic E-state index is 4.02. The number of aryl methyl sites for hydroxylation is 1. The first-order valence-corrected chi connectivity index (χ1v) is 5.86. The van der Waals surface area contributed by atoms with Crippen LogP contribution in [-0.4, -0.2) is 22.6 Å². The van der Waals surface area contributed by atoms with Gasteiger partial charge in [-0.15, -0.1) is 0 Å². The van der Waals surface area contributed by atoms with Crippen molar-refractivity contribution in [1.29, 1.82) is 0 Å². The zero-order chi connectivity index (χ0) is 11.1. The second-order valence-electron chi connectivity index (χ2n) is 4.58. The lowest BCUT2D eigenvalue weighted by Crippen LogP contribution is -2.25. The molecular formula is C12H23N3. The van der Waals surface area contributed by atoms with Gasteiger partial charge in [-0.25, -0.2) is 4.98 Å². The van der Waals surface area contributed by atoms with Crippen LogP contribution in [0, 0.1) is 11.8 Å². The van der Waals surface area contributed by atoms with E-state index in [1.807, 2.05) is 18.7 Å². The van der Waals surface area contributed by atoms with E-state index in [-0.39, 0.29) is 0 Å². The van der Waals surface area contributed by atoms with Crippen molar-refractivity contribution in [2.45, 2.75) is 33.7 Å². The Balaban J connectivity index is 1.98. The largest absolute Gasteiger partial charge is 0.337 e. The van der Waals surface area contributed by atoms with Crippen LogP contribution in [0.2, 0.25) is 0 Å². The summed E-state index contributed by atoms with van der Waals surface area (Å²) in [5.74, 6) is 1.53. The van der Waals surface area contributed by atoms with Crippen LogP contribution < -0.4 is 5.32 Å². The number of hydrogen-bond acceptors (Lipinski definition) is 2. The Morgan fingerprint density at radius 3 is 2.73 bits per heavy atom. The molecule has 1 aromatic heterocycles. The van der Waals surface area contributed by atoms with Gasteiger partial charge in [-0.3, -0.25) is 0 Å². The predicted octanol–water partition coefficient (Wildman–Crippen LogP) is 2.15. The second-order valence-corrected chi connectivity index (χ2v) is 4.58. The van der Waals surface area contributed by atoms with E-state index in [2.05, 4.69) is 35.6 Å². The van der Waals surface area contributed by atoms with E-state index in [0.717, 1.165) is 31.5 Å². The third-order valence-corrected chi connectivity index (χ3v) is 2.93. The molecule has 86 valence electrons. The molecule has 0 saturated heterocycles. The van der Waals surface area contributed by atoms with Crippen LogP contribution >= 0.6 is 0 Å². The van der Waals surface area contributed by atoms with E-state index in [0.29, 0.717) is 0 Å². The fourth-order valence-electron chi connectivity index (χ4n) is 1.37. The van der Waals surface area contributed by atoms with Gasteiger partial charge < -0.3 is 9.88 Å². The predicted molar refractivity (Wildman–Crippen MR) is 63.7 cm³/mol. The molecule has 0 aliphatic heterocycles. The molecule has 3 heteroatoms. The van der Waals surface area contributed by atoms with Crippen molar-refractivity contribution >= 4 is 0 Å². The number of hydrogen-bond donors (Lipinski definition) is 1. The number of imidazole rings is 1. The topological polar surface area (TPSA) is 29.9 Å². The van der Waals surface area contributed by atoms with E-state index in [9.17, 15) is 0 Å². The highest BCUT2D eigenvalue weighted by Gasteiger charge is 2.05. The molecule has 1 aromatic rings. The van der Waals surface area contributed by atoms with Crippen LogP contribution in [0.4, 0.5) is 0 Å². The van der Waals surface area contributed by atoms with Gasteiger partial charge in [-0.1, -0.05) is 20.8 Å². The molecule has 0 saturated carbocycles. The van der Waals surface area contributed by atoms with Crippen molar-refractivity contribution < 1.29 is 0 Å². The summed E-state index contributed by atoms with van der Waals surface area (Å²) < 4.78 is 2.12. The molecule has 1 unspecified atom stereocenters. The first-order valence-electron chi connectivity index (χ1n) is 5.86. The van der Waals surface area contributed by atoms with E-state index < -0.39 is 0 Å². The molecule has 0 fully saturated rings. The lowest BCUT2D eigenvalue weighted by atomic mass is 9.98. The number of nitrogens with zero attached hydrogens (tertiary/aromatic N) is 2. The van der Waals surface area contributed by atoms with Gasteiger partial charge in [0, 0.05) is 18.9 Å².